The molecule has 440 valence electrons. The molecule has 3 aromatic carbocycles. The Labute approximate surface area is 475 Å². The molecule has 14 heteroatoms. The van der Waals surface area contributed by atoms with Crippen LogP contribution in [-0.4, -0.2) is 103 Å². The molecule has 0 radical (unpaired) electrons. The number of ether oxygens (including phenoxy) is 7. The summed E-state index contributed by atoms with van der Waals surface area (Å²) in [4.78, 5) is 51.9. The van der Waals surface area contributed by atoms with Gasteiger partial charge in [-0.2, -0.15) is 0 Å². The third kappa shape index (κ3) is 29.9. The lowest BCUT2D eigenvalue weighted by atomic mass is 9.97. The summed E-state index contributed by atoms with van der Waals surface area (Å²) in [7, 11) is 0. The molecule has 4 rings (SSSR count). The van der Waals surface area contributed by atoms with Gasteiger partial charge in [0.05, 0.1) is 40.7 Å². The Kier molecular flexibility index (Phi) is 34.3. The molecule has 3 N–H and O–H groups in total. The Morgan fingerprint density at radius 1 is 0.570 bits per heavy atom. The number of rotatable bonds is 47. The molecule has 1 saturated heterocycles. The maximum absolute atomic E-state index is 14.1. The van der Waals surface area contributed by atoms with Crippen molar-refractivity contribution in [2.24, 2.45) is 0 Å². The van der Waals surface area contributed by atoms with Gasteiger partial charge in [-0.1, -0.05) is 240 Å². The van der Waals surface area contributed by atoms with E-state index in [4.69, 9.17) is 33.2 Å². The fourth-order valence-corrected chi connectivity index (χ4v) is 9.63. The van der Waals surface area contributed by atoms with Gasteiger partial charge in [-0.05, 0) is 48.6 Å². The molecular weight excluding hydrogens is 1000 g/mol. The van der Waals surface area contributed by atoms with Crippen LogP contribution in [0.3, 0.4) is 0 Å². The first kappa shape index (κ1) is 63.2. The van der Waals surface area contributed by atoms with Crippen LogP contribution in [0, 0.1) is 0 Å². The molecule has 0 saturated carbocycles. The highest BCUT2D eigenvalue weighted by atomic mass is 16.7. The fraction of sp³-hybridized carbons (Fsp3) is 0.631. The van der Waals surface area contributed by atoms with E-state index < -0.39 is 93.7 Å². The summed E-state index contributed by atoms with van der Waals surface area (Å²) in [5.74, 6) is -3.48. The molecule has 1 aliphatic heterocycles. The number of carbonyl (C=O) groups is 4. The van der Waals surface area contributed by atoms with E-state index in [1.807, 2.05) is 6.08 Å². The molecule has 3 unspecified atom stereocenters. The second-order valence-electron chi connectivity index (χ2n) is 20.9. The topological polar surface area (TPSA) is 185 Å². The van der Waals surface area contributed by atoms with Gasteiger partial charge in [-0.25, -0.2) is 14.4 Å². The standard InChI is InChI=1S/C65H97NO13/c1-3-5-7-9-11-13-15-17-19-21-23-25-36-44-56(78-64(72)54-42-34-29-35-43-54)55(66-58(67)45-37-26-24-22-20-18-16-14-12-10-8-6-4-2)48-77-65-63(75-47-53-40-32-28-33-41-53)62(74-46-52-38-30-27-31-39-52)61(76-51-60(70)71)57(79-65)49-73-50-59(68)69/h27-36,38-44,55-57,61-63,65H,3-26,37,45-51H2,1-2H3,(H,66,67)(H,68,69)(H,70,71)/b44-36+/t55-,56+,57+,61-,62-,63+,65?/m0/s1/i46D,47D/t46?,47?,55-,56+,57+,61-,62-,63+,65?. The summed E-state index contributed by atoms with van der Waals surface area (Å²) in [6.45, 7) is -0.696. The van der Waals surface area contributed by atoms with Crippen LogP contribution in [0.4, 0.5) is 0 Å². The number of hydrogen-bond acceptors (Lipinski definition) is 11. The van der Waals surface area contributed by atoms with Gasteiger partial charge in [0.25, 0.3) is 0 Å². The monoisotopic (exact) mass is 1100 g/mol. The third-order valence-electron chi connectivity index (χ3n) is 14.1. The Bertz CT molecular complexity index is 2140. The molecule has 1 aliphatic rings. The summed E-state index contributed by atoms with van der Waals surface area (Å²) >= 11 is 0. The Morgan fingerprint density at radius 3 is 1.54 bits per heavy atom. The van der Waals surface area contributed by atoms with Crippen LogP contribution in [0.15, 0.2) is 103 Å². The number of aliphatic carboxylic acids is 2. The summed E-state index contributed by atoms with van der Waals surface area (Å²) in [5.41, 5.74) is 1.20. The minimum Gasteiger partial charge on any atom is -0.480 e. The highest BCUT2D eigenvalue weighted by Gasteiger charge is 2.50. The SMILES string of the molecule is [2H]C(O[C@H]1[C@@H](OCC(=O)O)[C@@H](COCC(=O)O)OC(OC[C@H](NC(=O)CCCCCCCCCCCCCCC)[C@@H](/C=C/CCCCCCCCCCCCC)OC(=O)c2ccccc2)[C@@H]1OC([2H])c1ccccc1)c1ccccc1. The predicted octanol–water partition coefficient (Wildman–Crippen LogP) is 13.9. The number of carboxylic acid groups (broad SMARTS) is 2. The lowest BCUT2D eigenvalue weighted by molar-refractivity contribution is -0.327. The van der Waals surface area contributed by atoms with Gasteiger partial charge in [-0.15, -0.1) is 0 Å². The first-order valence-electron chi connectivity index (χ1n) is 31.0. The lowest BCUT2D eigenvalue weighted by Gasteiger charge is -2.46. The smallest absolute Gasteiger partial charge is 0.338 e. The molecule has 3 aromatic rings. The van der Waals surface area contributed by atoms with Crippen molar-refractivity contribution in [2.45, 2.75) is 237 Å². The van der Waals surface area contributed by atoms with Gasteiger partial charge in [0, 0.05) is 6.42 Å². The fourth-order valence-electron chi connectivity index (χ4n) is 9.63. The number of nitrogens with one attached hydrogen (secondary N) is 1. The molecule has 0 aliphatic carbocycles. The summed E-state index contributed by atoms with van der Waals surface area (Å²) < 4.78 is 62.5. The zero-order valence-corrected chi connectivity index (χ0v) is 47.6. The minimum absolute atomic E-state index is 0.213. The average Bonchev–Trinajstić information content (AvgIpc) is 3.64. The maximum Gasteiger partial charge on any atom is 0.338 e. The van der Waals surface area contributed by atoms with Crippen LogP contribution >= 0.6 is 0 Å². The Morgan fingerprint density at radius 2 is 1.04 bits per heavy atom. The van der Waals surface area contributed by atoms with Crippen molar-refractivity contribution < 1.29 is 65.3 Å². The van der Waals surface area contributed by atoms with E-state index in [0.717, 1.165) is 38.5 Å². The van der Waals surface area contributed by atoms with Crippen LogP contribution in [0.25, 0.3) is 0 Å². The average molecular weight is 1100 g/mol. The van der Waals surface area contributed by atoms with E-state index in [1.165, 1.54) is 109 Å². The summed E-state index contributed by atoms with van der Waals surface area (Å²) in [6, 6.07) is 24.9. The molecule has 0 aromatic heterocycles. The largest absolute Gasteiger partial charge is 0.480 e. The number of allylic oxidation sites excluding steroid dienone is 1. The van der Waals surface area contributed by atoms with Crippen LogP contribution < -0.4 is 5.32 Å². The van der Waals surface area contributed by atoms with Crippen molar-refractivity contribution in [2.75, 3.05) is 26.4 Å². The van der Waals surface area contributed by atoms with E-state index in [0.29, 0.717) is 29.5 Å². The highest BCUT2D eigenvalue weighted by molar-refractivity contribution is 5.89. The second kappa shape index (κ2) is 42.9. The van der Waals surface area contributed by atoms with Gasteiger partial charge < -0.3 is 48.7 Å². The molecular formula is C65H97NO13. The van der Waals surface area contributed by atoms with E-state index in [-0.39, 0.29) is 18.9 Å². The van der Waals surface area contributed by atoms with Crippen molar-refractivity contribution in [1.82, 2.24) is 5.32 Å². The predicted molar refractivity (Wildman–Crippen MR) is 309 cm³/mol. The van der Waals surface area contributed by atoms with Gasteiger partial charge in [0.15, 0.2) is 6.29 Å². The van der Waals surface area contributed by atoms with Crippen molar-refractivity contribution in [3.63, 3.8) is 0 Å². The quantitative estimate of drug-likeness (QED) is 0.0276. The van der Waals surface area contributed by atoms with Crippen molar-refractivity contribution >= 4 is 23.8 Å². The Hall–Kier alpha value is -4.96. The number of carboxylic acids is 2. The van der Waals surface area contributed by atoms with Crippen LogP contribution in [0.1, 0.15) is 205 Å². The van der Waals surface area contributed by atoms with E-state index in [9.17, 15) is 32.1 Å². The highest BCUT2D eigenvalue weighted by Crippen LogP contribution is 2.32. The number of unbranched alkanes of at least 4 members (excludes halogenated alkanes) is 23. The molecule has 14 nitrogen and oxygen atoms in total. The maximum atomic E-state index is 14.1. The van der Waals surface area contributed by atoms with E-state index >= 15 is 0 Å². The molecule has 0 spiro atoms. The summed E-state index contributed by atoms with van der Waals surface area (Å²) in [5, 5.41) is 22.5. The number of amides is 1. The number of carbonyl (C=O) groups excluding carboxylic acids is 2. The van der Waals surface area contributed by atoms with E-state index in [1.54, 1.807) is 97.1 Å². The minimum atomic E-state index is -1.51. The first-order chi connectivity index (χ1) is 39.5. The number of benzene rings is 3. The lowest BCUT2D eigenvalue weighted by Crippen LogP contribution is -2.62. The van der Waals surface area contributed by atoms with Crippen LogP contribution in [-0.2, 0) is 60.7 Å². The van der Waals surface area contributed by atoms with Crippen LogP contribution in [0.2, 0.25) is 0 Å². The number of esters is 1. The molecule has 9 atom stereocenters. The van der Waals surface area contributed by atoms with Crippen molar-refractivity contribution in [1.29, 1.82) is 0 Å². The van der Waals surface area contributed by atoms with E-state index in [2.05, 4.69) is 19.2 Å². The van der Waals surface area contributed by atoms with Gasteiger partial charge >= 0.3 is 17.9 Å². The van der Waals surface area contributed by atoms with Crippen molar-refractivity contribution in [3.05, 3.63) is 120 Å². The van der Waals surface area contributed by atoms with Gasteiger partial charge in [0.1, 0.15) is 43.7 Å². The Balaban J connectivity index is 1.64. The molecule has 1 heterocycles. The summed E-state index contributed by atoms with van der Waals surface area (Å²) in [6.07, 6.45) is 24.9. The normalized spacial score (nSPS) is 19.2. The third-order valence-corrected chi connectivity index (χ3v) is 14.1. The van der Waals surface area contributed by atoms with Gasteiger partial charge in [-0.3, -0.25) is 4.79 Å². The molecule has 0 bridgehead atoms. The second-order valence-corrected chi connectivity index (χ2v) is 20.9. The van der Waals surface area contributed by atoms with Crippen LogP contribution in [0.5, 0.6) is 0 Å². The molecule has 1 amide bonds. The molecule has 1 fully saturated rings. The zero-order chi connectivity index (χ0) is 58.1. The zero-order valence-electron chi connectivity index (χ0n) is 49.6. The van der Waals surface area contributed by atoms with Gasteiger partial charge in [0.2, 0.25) is 5.91 Å². The van der Waals surface area contributed by atoms with Crippen molar-refractivity contribution in [3.8, 4) is 0 Å². The number of hydrogen-bond donors (Lipinski definition) is 3. The molecule has 79 heavy (non-hydrogen) atoms. The first-order valence-corrected chi connectivity index (χ1v) is 29.9.